The number of hydrogen-bond donors (Lipinski definition) is 8. The highest BCUT2D eigenvalue weighted by atomic mass is 16.7. The summed E-state index contributed by atoms with van der Waals surface area (Å²) in [6.07, 6.45) is -15.3. The Morgan fingerprint density at radius 1 is 0.652 bits per heavy atom. The van der Waals surface area contributed by atoms with Gasteiger partial charge in [-0.3, -0.25) is 0 Å². The molecule has 11 heteroatoms. The van der Waals surface area contributed by atoms with E-state index in [4.69, 9.17) is 19.3 Å². The average Bonchev–Trinajstić information content (AvgIpc) is 2.54. The first-order chi connectivity index (χ1) is 10.8. The topological polar surface area (TPSA) is 190 Å². The molecule has 0 aromatic heterocycles. The average molecular weight is 342 g/mol. The van der Waals surface area contributed by atoms with Crippen LogP contribution in [0.2, 0.25) is 0 Å². The Labute approximate surface area is 130 Å². The van der Waals surface area contributed by atoms with Gasteiger partial charge < -0.3 is 55.1 Å². The van der Waals surface area contributed by atoms with Gasteiger partial charge in [-0.1, -0.05) is 0 Å². The van der Waals surface area contributed by atoms with Crippen LogP contribution in [0.5, 0.6) is 0 Å². The molecule has 0 aromatic rings. The summed E-state index contributed by atoms with van der Waals surface area (Å²) in [6, 6.07) is 0. The molecule has 136 valence electrons. The van der Waals surface area contributed by atoms with Crippen molar-refractivity contribution in [2.24, 2.45) is 0 Å². The molecule has 2 fully saturated rings. The van der Waals surface area contributed by atoms with Crippen LogP contribution in [0.1, 0.15) is 0 Å². The normalized spacial score (nSPS) is 51.7. The molecule has 23 heavy (non-hydrogen) atoms. The molecule has 0 bridgehead atoms. The highest BCUT2D eigenvalue weighted by Gasteiger charge is 2.46. The fourth-order valence-electron chi connectivity index (χ4n) is 2.46. The van der Waals surface area contributed by atoms with Gasteiger partial charge in [-0.05, 0) is 0 Å². The van der Waals surface area contributed by atoms with Gasteiger partial charge in [0, 0.05) is 0 Å². The largest absolute Gasteiger partial charge is 0.394 e. The predicted molar refractivity (Wildman–Crippen MR) is 68.6 cm³/mol. The Morgan fingerprint density at radius 3 is 1.83 bits per heavy atom. The van der Waals surface area contributed by atoms with E-state index < -0.39 is 74.6 Å². The highest BCUT2D eigenvalue weighted by Crippen LogP contribution is 2.24. The van der Waals surface area contributed by atoms with Crippen molar-refractivity contribution >= 4 is 0 Å². The van der Waals surface area contributed by atoms with Gasteiger partial charge in [0.15, 0.2) is 12.6 Å². The molecule has 0 spiro atoms. The van der Waals surface area contributed by atoms with E-state index >= 15 is 0 Å². The van der Waals surface area contributed by atoms with E-state index in [0.717, 1.165) is 0 Å². The highest BCUT2D eigenvalue weighted by molar-refractivity contribution is 4.91. The van der Waals surface area contributed by atoms with E-state index in [2.05, 4.69) is 0 Å². The molecular weight excluding hydrogens is 320 g/mol. The Morgan fingerprint density at radius 2 is 1.22 bits per heavy atom. The quantitative estimate of drug-likeness (QED) is 0.243. The lowest BCUT2D eigenvalue weighted by Crippen LogP contribution is -2.61. The van der Waals surface area contributed by atoms with Crippen LogP contribution in [0.3, 0.4) is 0 Å². The van der Waals surface area contributed by atoms with Gasteiger partial charge in [0.1, 0.15) is 48.8 Å². The molecule has 2 aliphatic rings. The van der Waals surface area contributed by atoms with Gasteiger partial charge in [-0.25, -0.2) is 0 Å². The maximum Gasteiger partial charge on any atom is 0.186 e. The Hall–Kier alpha value is -0.440. The van der Waals surface area contributed by atoms with Crippen molar-refractivity contribution in [1.82, 2.24) is 0 Å². The summed E-state index contributed by atoms with van der Waals surface area (Å²) in [7, 11) is 0. The van der Waals surface area contributed by atoms with E-state index in [9.17, 15) is 35.7 Å². The van der Waals surface area contributed by atoms with Crippen LogP contribution in [0.15, 0.2) is 0 Å². The van der Waals surface area contributed by atoms with E-state index in [1.54, 1.807) is 0 Å². The van der Waals surface area contributed by atoms with Gasteiger partial charge in [0.25, 0.3) is 0 Å². The van der Waals surface area contributed by atoms with Crippen molar-refractivity contribution in [1.29, 1.82) is 0 Å². The molecule has 0 saturated carbocycles. The first kappa shape index (κ1) is 18.9. The second kappa shape index (κ2) is 7.63. The van der Waals surface area contributed by atoms with E-state index in [-0.39, 0.29) is 0 Å². The lowest BCUT2D eigenvalue weighted by Gasteiger charge is -2.41. The Balaban J connectivity index is 1.94. The second-order valence-corrected chi connectivity index (χ2v) is 5.57. The standard InChI is InChI=1S/C12H22O11/c13-1-3-5(14)8(17)10(19)12(23-3)21-2-4-6(15)7(16)9(18)11(20)22-4/h3-20H,1-2H2/t3?,4?,5-,6+,7?,8?,9?,10?,11+,12-/m0/s1. The van der Waals surface area contributed by atoms with E-state index in [0.29, 0.717) is 0 Å². The first-order valence-electron chi connectivity index (χ1n) is 7.07. The molecule has 11 nitrogen and oxygen atoms in total. The molecule has 0 amide bonds. The number of rotatable bonds is 4. The third-order valence-corrected chi connectivity index (χ3v) is 3.96. The van der Waals surface area contributed by atoms with Gasteiger partial charge in [-0.2, -0.15) is 0 Å². The van der Waals surface area contributed by atoms with E-state index in [1.165, 1.54) is 0 Å². The Bertz CT molecular complexity index is 380. The van der Waals surface area contributed by atoms with Crippen LogP contribution >= 0.6 is 0 Å². The lowest BCUT2D eigenvalue weighted by atomic mass is 9.98. The van der Waals surface area contributed by atoms with Gasteiger partial charge in [0.05, 0.1) is 13.2 Å². The molecule has 2 heterocycles. The van der Waals surface area contributed by atoms with Gasteiger partial charge in [-0.15, -0.1) is 0 Å². The van der Waals surface area contributed by atoms with E-state index in [1.807, 2.05) is 0 Å². The van der Waals surface area contributed by atoms with Crippen LogP contribution in [-0.4, -0.2) is 115 Å². The summed E-state index contributed by atoms with van der Waals surface area (Å²) in [6.45, 7) is -1.10. The van der Waals surface area contributed by atoms with Gasteiger partial charge >= 0.3 is 0 Å². The molecule has 2 rings (SSSR count). The second-order valence-electron chi connectivity index (χ2n) is 5.57. The zero-order valence-electron chi connectivity index (χ0n) is 12.0. The van der Waals surface area contributed by atoms with Crippen molar-refractivity contribution < 1.29 is 55.1 Å². The minimum atomic E-state index is -1.74. The molecule has 2 aliphatic heterocycles. The van der Waals surface area contributed by atoms with Crippen LogP contribution in [-0.2, 0) is 14.2 Å². The van der Waals surface area contributed by atoms with Crippen molar-refractivity contribution in [3.8, 4) is 0 Å². The smallest absolute Gasteiger partial charge is 0.186 e. The van der Waals surface area contributed by atoms with Crippen LogP contribution in [0.25, 0.3) is 0 Å². The molecule has 10 atom stereocenters. The monoisotopic (exact) mass is 342 g/mol. The maximum absolute atomic E-state index is 9.78. The maximum atomic E-state index is 9.78. The third kappa shape index (κ3) is 3.81. The van der Waals surface area contributed by atoms with Crippen molar-refractivity contribution in [2.75, 3.05) is 13.2 Å². The molecule has 6 unspecified atom stereocenters. The zero-order chi connectivity index (χ0) is 17.3. The summed E-state index contributed by atoms with van der Waals surface area (Å²) in [5, 5.41) is 76.1. The Kier molecular flexibility index (Phi) is 6.27. The number of hydrogen-bond acceptors (Lipinski definition) is 11. The van der Waals surface area contributed by atoms with Crippen LogP contribution < -0.4 is 0 Å². The van der Waals surface area contributed by atoms with Crippen molar-refractivity contribution in [3.63, 3.8) is 0 Å². The predicted octanol–water partition coefficient (Wildman–Crippen LogP) is -5.40. The molecule has 0 radical (unpaired) electrons. The minimum absolute atomic E-state index is 0.468. The molecule has 0 aliphatic carbocycles. The van der Waals surface area contributed by atoms with Crippen molar-refractivity contribution in [2.45, 2.75) is 61.4 Å². The SMILES string of the molecule is OCC1O[C@H](OCC2O[C@@H](O)C(O)C(O)[C@@H]2O)C(O)C(O)[C@H]1O. The molecule has 8 N–H and O–H groups in total. The van der Waals surface area contributed by atoms with Crippen LogP contribution in [0, 0.1) is 0 Å². The number of aliphatic hydroxyl groups is 8. The summed E-state index contributed by atoms with van der Waals surface area (Å²) in [5.41, 5.74) is 0. The third-order valence-electron chi connectivity index (χ3n) is 3.96. The molecule has 0 aromatic carbocycles. The number of ether oxygens (including phenoxy) is 3. The number of aliphatic hydroxyl groups excluding tert-OH is 8. The van der Waals surface area contributed by atoms with Gasteiger partial charge in [0.2, 0.25) is 0 Å². The molecular formula is C12H22O11. The lowest BCUT2D eigenvalue weighted by molar-refractivity contribution is -0.325. The first-order valence-corrected chi connectivity index (χ1v) is 7.07. The minimum Gasteiger partial charge on any atom is -0.394 e. The molecule has 2 saturated heterocycles. The van der Waals surface area contributed by atoms with Crippen molar-refractivity contribution in [3.05, 3.63) is 0 Å². The fourth-order valence-corrected chi connectivity index (χ4v) is 2.46. The summed E-state index contributed by atoms with van der Waals surface area (Å²) < 4.78 is 15.1. The summed E-state index contributed by atoms with van der Waals surface area (Å²) >= 11 is 0. The summed E-state index contributed by atoms with van der Waals surface area (Å²) in [4.78, 5) is 0. The zero-order valence-corrected chi connectivity index (χ0v) is 12.0. The fraction of sp³-hybridized carbons (Fsp3) is 1.00. The summed E-state index contributed by atoms with van der Waals surface area (Å²) in [5.74, 6) is 0. The van der Waals surface area contributed by atoms with Crippen LogP contribution in [0.4, 0.5) is 0 Å².